The van der Waals surface area contributed by atoms with E-state index >= 15 is 0 Å². The number of ether oxygens (including phenoxy) is 2. The molecule has 0 unspecified atom stereocenters. The van der Waals surface area contributed by atoms with Crippen molar-refractivity contribution in [2.45, 2.75) is 0 Å². The van der Waals surface area contributed by atoms with Gasteiger partial charge in [0.1, 0.15) is 0 Å². The fourth-order valence-corrected chi connectivity index (χ4v) is 2.88. The van der Waals surface area contributed by atoms with Crippen LogP contribution in [-0.2, 0) is 0 Å². The smallest absolute Gasteiger partial charge is 0.273 e. The molecule has 2 amide bonds. The first-order chi connectivity index (χ1) is 15.6. The summed E-state index contributed by atoms with van der Waals surface area (Å²) in [5, 5.41) is 6.69. The number of nitrogens with zero attached hydrogens (tertiary/aromatic N) is 1. The van der Waals surface area contributed by atoms with Crippen molar-refractivity contribution in [1.82, 2.24) is 5.43 Å². The van der Waals surface area contributed by atoms with Crippen molar-refractivity contribution in [1.29, 1.82) is 0 Å². The number of benzene rings is 3. The minimum Gasteiger partial charge on any atom is -0.493 e. The van der Waals surface area contributed by atoms with E-state index in [2.05, 4.69) is 15.8 Å². The third kappa shape index (κ3) is 5.82. The first-order valence-corrected chi connectivity index (χ1v) is 9.80. The fourth-order valence-electron chi connectivity index (χ4n) is 2.88. The number of anilines is 1. The Morgan fingerprint density at radius 1 is 0.844 bits per heavy atom. The van der Waals surface area contributed by atoms with Gasteiger partial charge in [-0.3, -0.25) is 9.59 Å². The van der Waals surface area contributed by atoms with Gasteiger partial charge in [0, 0.05) is 11.8 Å². The third-order valence-corrected chi connectivity index (χ3v) is 4.48. The lowest BCUT2D eigenvalue weighted by atomic mass is 10.1. The molecular formula is C25H23N3O4. The van der Waals surface area contributed by atoms with Gasteiger partial charge in [-0.25, -0.2) is 5.43 Å². The molecular weight excluding hydrogens is 406 g/mol. The topological polar surface area (TPSA) is 89.0 Å². The van der Waals surface area contributed by atoms with Crippen LogP contribution in [0.1, 0.15) is 26.3 Å². The lowest BCUT2D eigenvalue weighted by molar-refractivity contribution is 0.0956. The maximum atomic E-state index is 12.7. The Balaban J connectivity index is 1.67. The summed E-state index contributed by atoms with van der Waals surface area (Å²) in [5.74, 6) is 0.116. The van der Waals surface area contributed by atoms with Gasteiger partial charge >= 0.3 is 0 Å². The molecule has 3 aromatic rings. The van der Waals surface area contributed by atoms with Crippen LogP contribution < -0.4 is 20.2 Å². The summed E-state index contributed by atoms with van der Waals surface area (Å²) in [5.41, 5.74) is 4.49. The highest BCUT2D eigenvalue weighted by Gasteiger charge is 2.15. The molecule has 0 radical (unpaired) electrons. The van der Waals surface area contributed by atoms with Gasteiger partial charge in [0.15, 0.2) is 11.5 Å². The normalized spacial score (nSPS) is 10.8. The van der Waals surface area contributed by atoms with Crippen molar-refractivity contribution >= 4 is 29.8 Å². The fraction of sp³-hybridized carbons (Fsp3) is 0.0800. The van der Waals surface area contributed by atoms with Crippen LogP contribution in [0.2, 0.25) is 0 Å². The van der Waals surface area contributed by atoms with Gasteiger partial charge in [-0.05, 0) is 42.0 Å². The SMILES string of the molecule is COc1ccc(C(=O)Nc2ccccc2C(=O)NN=CC=Cc2ccccc2)cc1OC. The van der Waals surface area contributed by atoms with Crippen LogP contribution in [0.25, 0.3) is 6.08 Å². The van der Waals surface area contributed by atoms with Crippen molar-refractivity contribution in [3.63, 3.8) is 0 Å². The van der Waals surface area contributed by atoms with Gasteiger partial charge in [-0.2, -0.15) is 5.10 Å². The van der Waals surface area contributed by atoms with E-state index in [9.17, 15) is 9.59 Å². The van der Waals surface area contributed by atoms with E-state index in [0.717, 1.165) is 5.56 Å². The average molecular weight is 429 g/mol. The molecule has 0 saturated carbocycles. The molecule has 0 aliphatic heterocycles. The summed E-state index contributed by atoms with van der Waals surface area (Å²) < 4.78 is 10.4. The first-order valence-electron chi connectivity index (χ1n) is 9.80. The van der Waals surface area contributed by atoms with E-state index in [-0.39, 0.29) is 11.5 Å². The van der Waals surface area contributed by atoms with Crippen LogP contribution in [0.3, 0.4) is 0 Å². The van der Waals surface area contributed by atoms with Crippen molar-refractivity contribution < 1.29 is 19.1 Å². The predicted molar refractivity (Wildman–Crippen MR) is 125 cm³/mol. The Kier molecular flexibility index (Phi) is 7.75. The number of rotatable bonds is 8. The molecule has 3 aromatic carbocycles. The zero-order chi connectivity index (χ0) is 22.8. The molecule has 162 valence electrons. The number of hydrogen-bond acceptors (Lipinski definition) is 5. The third-order valence-electron chi connectivity index (χ3n) is 4.48. The van der Waals surface area contributed by atoms with Crippen LogP contribution in [0.5, 0.6) is 11.5 Å². The minimum absolute atomic E-state index is 0.283. The lowest BCUT2D eigenvalue weighted by Crippen LogP contribution is -2.21. The molecule has 7 nitrogen and oxygen atoms in total. The summed E-state index contributed by atoms with van der Waals surface area (Å²) in [7, 11) is 3.02. The quantitative estimate of drug-likeness (QED) is 0.411. The maximum absolute atomic E-state index is 12.7. The highest BCUT2D eigenvalue weighted by atomic mass is 16.5. The number of carbonyl (C=O) groups is 2. The molecule has 0 aliphatic rings. The summed E-state index contributed by atoms with van der Waals surface area (Å²) in [6.07, 6.45) is 5.07. The van der Waals surface area contributed by atoms with E-state index in [1.165, 1.54) is 20.4 Å². The molecule has 2 N–H and O–H groups in total. The molecule has 0 spiro atoms. The largest absolute Gasteiger partial charge is 0.493 e. The molecule has 7 heteroatoms. The molecule has 0 atom stereocenters. The van der Waals surface area contributed by atoms with E-state index in [4.69, 9.17) is 9.47 Å². The van der Waals surface area contributed by atoms with Gasteiger partial charge in [-0.15, -0.1) is 0 Å². The number of amides is 2. The molecule has 0 aromatic heterocycles. The monoisotopic (exact) mass is 429 g/mol. The van der Waals surface area contributed by atoms with Crippen LogP contribution in [0.4, 0.5) is 5.69 Å². The number of hydrogen-bond donors (Lipinski definition) is 2. The van der Waals surface area contributed by atoms with Crippen molar-refractivity contribution in [2.24, 2.45) is 5.10 Å². The Labute approximate surface area is 186 Å². The van der Waals surface area contributed by atoms with Gasteiger partial charge in [-0.1, -0.05) is 48.5 Å². The highest BCUT2D eigenvalue weighted by Crippen LogP contribution is 2.28. The van der Waals surface area contributed by atoms with E-state index in [0.29, 0.717) is 22.7 Å². The Bertz CT molecular complexity index is 1140. The number of nitrogens with one attached hydrogen (secondary N) is 2. The number of methoxy groups -OCH3 is 2. The Morgan fingerprint density at radius 2 is 1.56 bits per heavy atom. The summed E-state index contributed by atoms with van der Waals surface area (Å²) in [4.78, 5) is 25.3. The average Bonchev–Trinajstić information content (AvgIpc) is 2.84. The second-order valence-corrected chi connectivity index (χ2v) is 6.56. The van der Waals surface area contributed by atoms with Crippen molar-refractivity contribution in [3.05, 3.63) is 95.6 Å². The predicted octanol–water partition coefficient (Wildman–Crippen LogP) is 4.39. The molecule has 0 saturated heterocycles. The van der Waals surface area contributed by atoms with Crippen molar-refractivity contribution in [2.75, 3.05) is 19.5 Å². The second-order valence-electron chi connectivity index (χ2n) is 6.56. The Morgan fingerprint density at radius 3 is 2.31 bits per heavy atom. The van der Waals surface area contributed by atoms with Gasteiger partial charge in [0.05, 0.1) is 25.5 Å². The summed E-state index contributed by atoms with van der Waals surface area (Å²) in [6, 6.07) is 21.2. The molecule has 0 fully saturated rings. The van der Waals surface area contributed by atoms with Crippen LogP contribution >= 0.6 is 0 Å². The van der Waals surface area contributed by atoms with Gasteiger partial charge in [0.2, 0.25) is 0 Å². The number of allylic oxidation sites excluding steroid dienone is 1. The molecule has 0 bridgehead atoms. The first kappa shape index (κ1) is 22.3. The number of para-hydroxylation sites is 1. The highest BCUT2D eigenvalue weighted by molar-refractivity contribution is 6.09. The van der Waals surface area contributed by atoms with Crippen LogP contribution in [0, 0.1) is 0 Å². The van der Waals surface area contributed by atoms with E-state index in [1.807, 2.05) is 36.4 Å². The maximum Gasteiger partial charge on any atom is 0.273 e. The van der Waals surface area contributed by atoms with Crippen molar-refractivity contribution in [3.8, 4) is 11.5 Å². The van der Waals surface area contributed by atoms with Gasteiger partial charge in [0.25, 0.3) is 11.8 Å². The summed E-state index contributed by atoms with van der Waals surface area (Å²) >= 11 is 0. The molecule has 32 heavy (non-hydrogen) atoms. The second kappa shape index (κ2) is 11.1. The number of hydrazone groups is 1. The zero-order valence-electron chi connectivity index (χ0n) is 17.7. The van der Waals surface area contributed by atoms with E-state index in [1.54, 1.807) is 48.5 Å². The summed E-state index contributed by atoms with van der Waals surface area (Å²) in [6.45, 7) is 0. The van der Waals surface area contributed by atoms with Crippen LogP contribution in [-0.4, -0.2) is 32.2 Å². The minimum atomic E-state index is -0.447. The Hall–Kier alpha value is -4.39. The molecule has 0 aliphatic carbocycles. The standard InChI is InChI=1S/C25H23N3O4/c1-31-22-15-14-19(17-23(22)32-2)24(29)27-21-13-7-6-12-20(21)25(30)28-26-16-8-11-18-9-4-3-5-10-18/h3-17H,1-2H3,(H,27,29)(H,28,30). The van der Waals surface area contributed by atoms with E-state index < -0.39 is 5.91 Å². The zero-order valence-corrected chi connectivity index (χ0v) is 17.7. The lowest BCUT2D eigenvalue weighted by Gasteiger charge is -2.12. The van der Waals surface area contributed by atoms with Crippen LogP contribution in [0.15, 0.2) is 84.0 Å². The number of carbonyl (C=O) groups excluding carboxylic acids is 2. The van der Waals surface area contributed by atoms with Gasteiger partial charge < -0.3 is 14.8 Å². The molecule has 3 rings (SSSR count). The molecule has 0 heterocycles.